The van der Waals surface area contributed by atoms with E-state index in [0.717, 1.165) is 50.2 Å². The van der Waals surface area contributed by atoms with Gasteiger partial charge in [0.2, 0.25) is 0 Å². The van der Waals surface area contributed by atoms with Crippen LogP contribution in [0, 0.1) is 0 Å². The summed E-state index contributed by atoms with van der Waals surface area (Å²) in [5.74, 6) is 0.983. The molecule has 0 saturated carbocycles. The van der Waals surface area contributed by atoms with Gasteiger partial charge in [0.1, 0.15) is 0 Å². The normalized spacial score (nSPS) is 19.3. The maximum Gasteiger partial charge on any atom is 0.0923 e. The average molecular weight is 322 g/mol. The number of nitrogens with zero attached hydrogens (tertiary/aromatic N) is 1. The molecule has 0 radical (unpaired) electrons. The lowest BCUT2D eigenvalue weighted by molar-refractivity contribution is -0.0252. The highest BCUT2D eigenvalue weighted by molar-refractivity contribution is 7.99. The standard InChI is InChI=1S/C19H31NOS/c1-5-18(3,4)22-15-16-9-7-8-10-17(16)19(21)11-13-20(6-2)14-12-19/h7-10,21H,5-6,11-15H2,1-4H3. The quantitative estimate of drug-likeness (QED) is 0.839. The molecule has 0 aromatic heterocycles. The molecular weight excluding hydrogens is 290 g/mol. The van der Waals surface area contributed by atoms with Crippen LogP contribution in [0.25, 0.3) is 0 Å². The van der Waals surface area contributed by atoms with Crippen LogP contribution in [0.2, 0.25) is 0 Å². The summed E-state index contributed by atoms with van der Waals surface area (Å²) in [7, 11) is 0. The molecule has 1 saturated heterocycles. The first-order valence-electron chi connectivity index (χ1n) is 8.57. The highest BCUT2D eigenvalue weighted by Crippen LogP contribution is 2.38. The number of aliphatic hydroxyl groups is 1. The Hall–Kier alpha value is -0.510. The number of likely N-dealkylation sites (tertiary alicyclic amines) is 1. The van der Waals surface area contributed by atoms with Crippen LogP contribution in [-0.4, -0.2) is 34.4 Å². The summed E-state index contributed by atoms with van der Waals surface area (Å²) in [6.45, 7) is 12.1. The van der Waals surface area contributed by atoms with Crippen molar-refractivity contribution in [2.75, 3.05) is 19.6 Å². The van der Waals surface area contributed by atoms with Crippen LogP contribution in [0.15, 0.2) is 24.3 Å². The number of thioether (sulfide) groups is 1. The summed E-state index contributed by atoms with van der Waals surface area (Å²) in [6.07, 6.45) is 2.86. The van der Waals surface area contributed by atoms with Crippen molar-refractivity contribution in [3.63, 3.8) is 0 Å². The van der Waals surface area contributed by atoms with Crippen molar-refractivity contribution in [3.8, 4) is 0 Å². The van der Waals surface area contributed by atoms with Crippen LogP contribution in [0.3, 0.4) is 0 Å². The molecule has 1 aliphatic heterocycles. The van der Waals surface area contributed by atoms with Crippen molar-refractivity contribution >= 4 is 11.8 Å². The van der Waals surface area contributed by atoms with E-state index in [0.29, 0.717) is 4.75 Å². The largest absolute Gasteiger partial charge is 0.385 e. The number of piperidine rings is 1. The zero-order chi connectivity index (χ0) is 16.2. The minimum Gasteiger partial charge on any atom is -0.385 e. The Morgan fingerprint density at radius 2 is 1.82 bits per heavy atom. The second kappa shape index (κ2) is 7.37. The zero-order valence-electron chi connectivity index (χ0n) is 14.6. The van der Waals surface area contributed by atoms with Gasteiger partial charge in [0.25, 0.3) is 0 Å². The number of rotatable bonds is 6. The third-order valence-corrected chi connectivity index (χ3v) is 6.64. The van der Waals surface area contributed by atoms with Crippen molar-refractivity contribution < 1.29 is 5.11 Å². The average Bonchev–Trinajstić information content (AvgIpc) is 2.54. The fraction of sp³-hybridized carbons (Fsp3) is 0.684. The predicted molar refractivity (Wildman–Crippen MR) is 97.4 cm³/mol. The van der Waals surface area contributed by atoms with Gasteiger partial charge in [-0.25, -0.2) is 0 Å². The second-order valence-electron chi connectivity index (χ2n) is 7.02. The van der Waals surface area contributed by atoms with Gasteiger partial charge in [0.05, 0.1) is 5.60 Å². The van der Waals surface area contributed by atoms with Gasteiger partial charge in [-0.3, -0.25) is 0 Å². The summed E-state index contributed by atoms with van der Waals surface area (Å²) in [4.78, 5) is 2.42. The van der Waals surface area contributed by atoms with Gasteiger partial charge in [-0.1, -0.05) is 52.0 Å². The molecule has 0 unspecified atom stereocenters. The molecule has 0 spiro atoms. The van der Waals surface area contributed by atoms with Crippen LogP contribution < -0.4 is 0 Å². The molecule has 1 aromatic carbocycles. The van der Waals surface area contributed by atoms with E-state index in [2.05, 4.69) is 56.9 Å². The van der Waals surface area contributed by atoms with Crippen LogP contribution >= 0.6 is 11.8 Å². The smallest absolute Gasteiger partial charge is 0.0923 e. The van der Waals surface area contributed by atoms with Crippen molar-refractivity contribution in [1.29, 1.82) is 0 Å². The van der Waals surface area contributed by atoms with Gasteiger partial charge in [0.15, 0.2) is 0 Å². The SMILES string of the molecule is CCN1CCC(O)(c2ccccc2CSC(C)(C)CC)CC1. The third kappa shape index (κ3) is 4.27. The van der Waals surface area contributed by atoms with Gasteiger partial charge in [-0.2, -0.15) is 11.8 Å². The highest BCUT2D eigenvalue weighted by Gasteiger charge is 2.35. The van der Waals surface area contributed by atoms with E-state index in [9.17, 15) is 5.11 Å². The lowest BCUT2D eigenvalue weighted by Gasteiger charge is -2.39. The van der Waals surface area contributed by atoms with Crippen LogP contribution in [0.1, 0.15) is 58.1 Å². The van der Waals surface area contributed by atoms with E-state index >= 15 is 0 Å². The summed E-state index contributed by atoms with van der Waals surface area (Å²) in [5.41, 5.74) is 1.82. The number of hydrogen-bond acceptors (Lipinski definition) is 3. The lowest BCUT2D eigenvalue weighted by Crippen LogP contribution is -2.42. The molecule has 2 rings (SSSR count). The van der Waals surface area contributed by atoms with E-state index in [4.69, 9.17) is 0 Å². The van der Waals surface area contributed by atoms with E-state index in [1.807, 2.05) is 11.8 Å². The first-order chi connectivity index (χ1) is 10.4. The lowest BCUT2D eigenvalue weighted by atomic mass is 9.82. The van der Waals surface area contributed by atoms with E-state index < -0.39 is 5.60 Å². The Balaban J connectivity index is 2.14. The van der Waals surface area contributed by atoms with Crippen molar-refractivity contribution in [2.45, 2.75) is 63.1 Å². The molecular formula is C19H31NOS. The summed E-state index contributed by atoms with van der Waals surface area (Å²) in [5, 5.41) is 11.2. The van der Waals surface area contributed by atoms with Crippen LogP contribution in [0.4, 0.5) is 0 Å². The topological polar surface area (TPSA) is 23.5 Å². The molecule has 124 valence electrons. The fourth-order valence-electron chi connectivity index (χ4n) is 2.98. The molecule has 3 heteroatoms. The Labute approximate surface area is 140 Å². The molecule has 1 N–H and O–H groups in total. The Bertz CT molecular complexity index is 478. The Morgan fingerprint density at radius 1 is 1.18 bits per heavy atom. The number of hydrogen-bond donors (Lipinski definition) is 1. The van der Waals surface area contributed by atoms with Gasteiger partial charge < -0.3 is 10.0 Å². The third-order valence-electron chi connectivity index (χ3n) is 5.12. The summed E-state index contributed by atoms with van der Waals surface area (Å²) >= 11 is 1.99. The van der Waals surface area contributed by atoms with E-state index in [1.165, 1.54) is 5.56 Å². The Morgan fingerprint density at radius 3 is 2.41 bits per heavy atom. The van der Waals surface area contributed by atoms with E-state index in [1.54, 1.807) is 0 Å². The molecule has 1 heterocycles. The fourth-order valence-corrected chi connectivity index (χ4v) is 3.99. The van der Waals surface area contributed by atoms with Gasteiger partial charge >= 0.3 is 0 Å². The minimum absolute atomic E-state index is 0.293. The first-order valence-corrected chi connectivity index (χ1v) is 9.56. The van der Waals surface area contributed by atoms with Crippen LogP contribution in [-0.2, 0) is 11.4 Å². The summed E-state index contributed by atoms with van der Waals surface area (Å²) in [6, 6.07) is 8.50. The van der Waals surface area contributed by atoms with Gasteiger partial charge in [0, 0.05) is 23.6 Å². The zero-order valence-corrected chi connectivity index (χ0v) is 15.4. The van der Waals surface area contributed by atoms with E-state index in [-0.39, 0.29) is 0 Å². The molecule has 22 heavy (non-hydrogen) atoms. The van der Waals surface area contributed by atoms with Gasteiger partial charge in [-0.15, -0.1) is 0 Å². The monoisotopic (exact) mass is 321 g/mol. The van der Waals surface area contributed by atoms with Crippen LogP contribution in [0.5, 0.6) is 0 Å². The molecule has 2 nitrogen and oxygen atoms in total. The van der Waals surface area contributed by atoms with Crippen molar-refractivity contribution in [1.82, 2.24) is 4.90 Å². The predicted octanol–water partition coefficient (Wildman–Crippen LogP) is 4.41. The molecule has 0 bridgehead atoms. The molecule has 0 atom stereocenters. The molecule has 0 amide bonds. The molecule has 1 aliphatic rings. The van der Waals surface area contributed by atoms with Crippen molar-refractivity contribution in [3.05, 3.63) is 35.4 Å². The number of benzene rings is 1. The molecule has 0 aliphatic carbocycles. The van der Waals surface area contributed by atoms with Gasteiger partial charge in [-0.05, 0) is 36.9 Å². The first kappa shape index (κ1) is 17.8. The molecule has 1 fully saturated rings. The maximum atomic E-state index is 11.2. The van der Waals surface area contributed by atoms with Crippen molar-refractivity contribution in [2.24, 2.45) is 0 Å². The maximum absolute atomic E-state index is 11.2. The minimum atomic E-state index is -0.640. The summed E-state index contributed by atoms with van der Waals surface area (Å²) < 4.78 is 0.293. The molecule has 1 aromatic rings. The second-order valence-corrected chi connectivity index (χ2v) is 8.71. The Kier molecular flexibility index (Phi) is 5.98. The highest BCUT2D eigenvalue weighted by atomic mass is 32.2.